The zero-order valence-electron chi connectivity index (χ0n) is 10.8. The second kappa shape index (κ2) is 9.71. The molecule has 1 N–H and O–H groups in total. The molecule has 0 aliphatic rings. The third kappa shape index (κ3) is 12.0. The molecule has 0 fully saturated rings. The summed E-state index contributed by atoms with van der Waals surface area (Å²) in [7, 11) is 0. The third-order valence-corrected chi connectivity index (χ3v) is 2.37. The van der Waals surface area contributed by atoms with E-state index in [4.69, 9.17) is 4.74 Å². The molecule has 0 bridgehead atoms. The molecule has 0 aromatic heterocycles. The van der Waals surface area contributed by atoms with Crippen LogP contribution in [0.4, 0.5) is 13.2 Å². The van der Waals surface area contributed by atoms with Crippen molar-refractivity contribution in [1.29, 1.82) is 0 Å². The minimum Gasteiger partial charge on any atom is -0.377 e. The van der Waals surface area contributed by atoms with E-state index in [0.717, 1.165) is 32.4 Å². The summed E-state index contributed by atoms with van der Waals surface area (Å²) in [6.07, 6.45) is -1.80. The molecule has 1 atom stereocenters. The van der Waals surface area contributed by atoms with Gasteiger partial charge in [-0.25, -0.2) is 0 Å². The van der Waals surface area contributed by atoms with Gasteiger partial charge in [-0.2, -0.15) is 13.2 Å². The molecule has 5 heteroatoms. The standard InChI is InChI=1S/C12H24F3NO/c1-3-6-11(10-16-8-4-2)17-9-5-7-12(13,14)15/h11,16H,3-10H2,1-2H3. The van der Waals surface area contributed by atoms with Crippen LogP contribution in [0.1, 0.15) is 46.0 Å². The molecular weight excluding hydrogens is 231 g/mol. The second-order valence-electron chi connectivity index (χ2n) is 4.20. The Kier molecular flexibility index (Phi) is 9.55. The fourth-order valence-electron chi connectivity index (χ4n) is 1.53. The predicted molar refractivity (Wildman–Crippen MR) is 63.1 cm³/mol. The fourth-order valence-corrected chi connectivity index (χ4v) is 1.53. The number of halogens is 3. The first kappa shape index (κ1) is 16.7. The van der Waals surface area contributed by atoms with E-state index in [1.165, 1.54) is 0 Å². The molecule has 0 amide bonds. The maximum atomic E-state index is 11.9. The van der Waals surface area contributed by atoms with E-state index < -0.39 is 12.6 Å². The molecule has 0 spiro atoms. The molecule has 17 heavy (non-hydrogen) atoms. The van der Waals surface area contributed by atoms with Gasteiger partial charge in [0.15, 0.2) is 0 Å². The molecule has 0 rings (SSSR count). The molecule has 0 saturated carbocycles. The average Bonchev–Trinajstić information content (AvgIpc) is 2.23. The van der Waals surface area contributed by atoms with Crippen molar-refractivity contribution in [2.24, 2.45) is 0 Å². The van der Waals surface area contributed by atoms with Crippen LogP contribution in [-0.4, -0.2) is 32.0 Å². The van der Waals surface area contributed by atoms with Crippen LogP contribution in [0.25, 0.3) is 0 Å². The van der Waals surface area contributed by atoms with Crippen LogP contribution >= 0.6 is 0 Å². The lowest BCUT2D eigenvalue weighted by atomic mass is 10.2. The van der Waals surface area contributed by atoms with E-state index in [0.29, 0.717) is 0 Å². The Morgan fingerprint density at radius 1 is 1.18 bits per heavy atom. The van der Waals surface area contributed by atoms with E-state index in [-0.39, 0.29) is 19.1 Å². The molecule has 0 saturated heterocycles. The molecule has 0 aliphatic heterocycles. The highest BCUT2D eigenvalue weighted by Gasteiger charge is 2.26. The van der Waals surface area contributed by atoms with Crippen LogP contribution in [-0.2, 0) is 4.74 Å². The first-order valence-electron chi connectivity index (χ1n) is 6.38. The molecule has 0 aliphatic carbocycles. The molecular formula is C12H24F3NO. The Morgan fingerprint density at radius 2 is 1.88 bits per heavy atom. The summed E-state index contributed by atoms with van der Waals surface area (Å²) in [6, 6.07) is 0. The van der Waals surface area contributed by atoms with Gasteiger partial charge in [-0.15, -0.1) is 0 Å². The van der Waals surface area contributed by atoms with Crippen LogP contribution in [0, 0.1) is 0 Å². The van der Waals surface area contributed by atoms with E-state index in [1.54, 1.807) is 0 Å². The Balaban J connectivity index is 3.61. The summed E-state index contributed by atoms with van der Waals surface area (Å²) in [6.45, 7) is 5.97. The van der Waals surface area contributed by atoms with Gasteiger partial charge >= 0.3 is 6.18 Å². The summed E-state index contributed by atoms with van der Waals surface area (Å²) in [5.41, 5.74) is 0. The largest absolute Gasteiger partial charge is 0.389 e. The maximum absolute atomic E-state index is 11.9. The highest BCUT2D eigenvalue weighted by Crippen LogP contribution is 2.21. The second-order valence-corrected chi connectivity index (χ2v) is 4.20. The Hall–Kier alpha value is -0.290. The average molecular weight is 255 g/mol. The van der Waals surface area contributed by atoms with Gasteiger partial charge in [0.05, 0.1) is 6.10 Å². The van der Waals surface area contributed by atoms with Crippen LogP contribution in [0.3, 0.4) is 0 Å². The number of hydrogen-bond donors (Lipinski definition) is 1. The van der Waals surface area contributed by atoms with Crippen molar-refractivity contribution in [3.05, 3.63) is 0 Å². The van der Waals surface area contributed by atoms with Gasteiger partial charge in [-0.1, -0.05) is 20.3 Å². The quantitative estimate of drug-likeness (QED) is 0.603. The highest BCUT2D eigenvalue weighted by atomic mass is 19.4. The summed E-state index contributed by atoms with van der Waals surface area (Å²) in [4.78, 5) is 0. The fraction of sp³-hybridized carbons (Fsp3) is 1.00. The topological polar surface area (TPSA) is 21.3 Å². The van der Waals surface area contributed by atoms with E-state index in [1.807, 2.05) is 6.92 Å². The zero-order valence-corrected chi connectivity index (χ0v) is 10.8. The molecule has 0 aromatic carbocycles. The number of rotatable bonds is 10. The van der Waals surface area contributed by atoms with Crippen molar-refractivity contribution < 1.29 is 17.9 Å². The normalized spacial score (nSPS) is 13.9. The SMILES string of the molecule is CCCNCC(CCC)OCCCC(F)(F)F. The van der Waals surface area contributed by atoms with Gasteiger partial charge in [0, 0.05) is 19.6 Å². The first-order chi connectivity index (χ1) is 7.99. The lowest BCUT2D eigenvalue weighted by Gasteiger charge is -2.18. The summed E-state index contributed by atoms with van der Waals surface area (Å²) in [5, 5.41) is 3.23. The van der Waals surface area contributed by atoms with Crippen molar-refractivity contribution in [3.8, 4) is 0 Å². The minimum absolute atomic E-state index is 0.0415. The van der Waals surface area contributed by atoms with Crippen molar-refractivity contribution in [2.75, 3.05) is 19.7 Å². The first-order valence-corrected chi connectivity index (χ1v) is 6.38. The smallest absolute Gasteiger partial charge is 0.377 e. The summed E-state index contributed by atoms with van der Waals surface area (Å²) >= 11 is 0. The van der Waals surface area contributed by atoms with E-state index in [9.17, 15) is 13.2 Å². The van der Waals surface area contributed by atoms with Crippen LogP contribution in [0.15, 0.2) is 0 Å². The molecule has 0 aromatic rings. The van der Waals surface area contributed by atoms with Crippen molar-refractivity contribution >= 4 is 0 Å². The van der Waals surface area contributed by atoms with Crippen molar-refractivity contribution in [2.45, 2.75) is 58.2 Å². The highest BCUT2D eigenvalue weighted by molar-refractivity contribution is 4.61. The maximum Gasteiger partial charge on any atom is 0.389 e. The third-order valence-electron chi connectivity index (χ3n) is 2.37. The molecule has 2 nitrogen and oxygen atoms in total. The molecule has 0 radical (unpaired) electrons. The van der Waals surface area contributed by atoms with Crippen LogP contribution < -0.4 is 5.32 Å². The number of alkyl halides is 3. The summed E-state index contributed by atoms with van der Waals surface area (Å²) < 4.78 is 41.2. The van der Waals surface area contributed by atoms with E-state index in [2.05, 4.69) is 12.2 Å². The molecule has 1 unspecified atom stereocenters. The molecule has 0 heterocycles. The van der Waals surface area contributed by atoms with Gasteiger partial charge in [0.2, 0.25) is 0 Å². The monoisotopic (exact) mass is 255 g/mol. The van der Waals surface area contributed by atoms with Crippen LogP contribution in [0.5, 0.6) is 0 Å². The Morgan fingerprint density at radius 3 is 2.41 bits per heavy atom. The predicted octanol–water partition coefficient (Wildman–Crippen LogP) is 3.51. The number of nitrogens with one attached hydrogen (secondary N) is 1. The van der Waals surface area contributed by atoms with Gasteiger partial charge in [-0.05, 0) is 25.8 Å². The van der Waals surface area contributed by atoms with E-state index >= 15 is 0 Å². The van der Waals surface area contributed by atoms with Gasteiger partial charge in [0.25, 0.3) is 0 Å². The lowest BCUT2D eigenvalue weighted by Crippen LogP contribution is -2.30. The van der Waals surface area contributed by atoms with Crippen LogP contribution in [0.2, 0.25) is 0 Å². The molecule has 104 valence electrons. The van der Waals surface area contributed by atoms with Gasteiger partial charge in [0.1, 0.15) is 0 Å². The number of ether oxygens (including phenoxy) is 1. The lowest BCUT2D eigenvalue weighted by molar-refractivity contribution is -0.138. The Labute approximate surface area is 102 Å². The summed E-state index contributed by atoms with van der Waals surface area (Å²) in [5.74, 6) is 0. The minimum atomic E-state index is -4.07. The van der Waals surface area contributed by atoms with Gasteiger partial charge in [-0.3, -0.25) is 0 Å². The zero-order chi connectivity index (χ0) is 13.1. The number of hydrogen-bond acceptors (Lipinski definition) is 2. The Bertz CT molecular complexity index is 174. The van der Waals surface area contributed by atoms with Crippen molar-refractivity contribution in [3.63, 3.8) is 0 Å². The van der Waals surface area contributed by atoms with Crippen molar-refractivity contribution in [1.82, 2.24) is 5.32 Å². The van der Waals surface area contributed by atoms with Gasteiger partial charge < -0.3 is 10.1 Å².